The van der Waals surface area contributed by atoms with Gasteiger partial charge in [0.25, 0.3) is 0 Å². The summed E-state index contributed by atoms with van der Waals surface area (Å²) in [4.78, 5) is 6.72. The first-order valence-electron chi connectivity index (χ1n) is 9.22. The predicted octanol–water partition coefficient (Wildman–Crippen LogP) is 3.76. The lowest BCUT2D eigenvalue weighted by molar-refractivity contribution is -0.182. The minimum absolute atomic E-state index is 0. The van der Waals surface area contributed by atoms with Gasteiger partial charge in [-0.25, -0.2) is 0 Å². The van der Waals surface area contributed by atoms with Crippen molar-refractivity contribution in [3.8, 4) is 0 Å². The van der Waals surface area contributed by atoms with Gasteiger partial charge in [-0.15, -0.1) is 24.0 Å². The second kappa shape index (κ2) is 10.8. The predicted molar refractivity (Wildman–Crippen MR) is 107 cm³/mol. The third-order valence-electron chi connectivity index (χ3n) is 5.41. The Morgan fingerprint density at radius 3 is 2.36 bits per heavy atom. The van der Waals surface area contributed by atoms with Gasteiger partial charge in [-0.05, 0) is 51.6 Å². The highest BCUT2D eigenvalue weighted by atomic mass is 127. The molecule has 0 aromatic rings. The number of aliphatic imine (C=N–C) groups is 1. The number of guanidine groups is 1. The number of likely N-dealkylation sites (tertiary alicyclic amines) is 1. The van der Waals surface area contributed by atoms with Gasteiger partial charge in [-0.3, -0.25) is 9.89 Å². The van der Waals surface area contributed by atoms with Crippen molar-refractivity contribution < 1.29 is 13.2 Å². The first kappa shape index (κ1) is 22.8. The van der Waals surface area contributed by atoms with Crippen LogP contribution in [0, 0.1) is 5.92 Å². The lowest BCUT2D eigenvalue weighted by atomic mass is 9.85. The summed E-state index contributed by atoms with van der Waals surface area (Å²) >= 11 is 0. The number of hydrogen-bond acceptors (Lipinski definition) is 2. The average Bonchev–Trinajstić information content (AvgIpc) is 2.58. The van der Waals surface area contributed by atoms with Gasteiger partial charge in [0.1, 0.15) is 0 Å². The Morgan fingerprint density at radius 2 is 1.80 bits per heavy atom. The largest absolute Gasteiger partial charge is 0.391 e. The van der Waals surface area contributed by atoms with Crippen molar-refractivity contribution in [1.29, 1.82) is 0 Å². The van der Waals surface area contributed by atoms with E-state index in [1.54, 1.807) is 7.05 Å². The molecule has 0 radical (unpaired) electrons. The van der Waals surface area contributed by atoms with Gasteiger partial charge in [0.05, 0.1) is 5.92 Å². The molecule has 2 aliphatic rings. The molecule has 2 N–H and O–H groups in total. The van der Waals surface area contributed by atoms with E-state index >= 15 is 0 Å². The molecule has 1 saturated heterocycles. The van der Waals surface area contributed by atoms with Crippen LogP contribution in [0.25, 0.3) is 0 Å². The summed E-state index contributed by atoms with van der Waals surface area (Å²) in [7, 11) is 1.72. The van der Waals surface area contributed by atoms with Gasteiger partial charge in [-0.2, -0.15) is 13.2 Å². The van der Waals surface area contributed by atoms with Crippen LogP contribution in [0.4, 0.5) is 13.2 Å². The molecule has 2 fully saturated rings. The first-order valence-corrected chi connectivity index (χ1v) is 9.22. The molecule has 1 atom stereocenters. The molecule has 4 nitrogen and oxygen atoms in total. The molecule has 1 heterocycles. The molecule has 0 amide bonds. The van der Waals surface area contributed by atoms with E-state index in [2.05, 4.69) is 27.4 Å². The number of piperidine rings is 1. The minimum Gasteiger partial charge on any atom is -0.355 e. The second-order valence-corrected chi connectivity index (χ2v) is 6.97. The lowest BCUT2D eigenvalue weighted by Crippen LogP contribution is -2.51. The van der Waals surface area contributed by atoms with Crippen LogP contribution in [0.15, 0.2) is 4.99 Å². The van der Waals surface area contributed by atoms with Crippen LogP contribution in [-0.2, 0) is 0 Å². The number of rotatable bonds is 4. The van der Waals surface area contributed by atoms with Crippen LogP contribution >= 0.6 is 24.0 Å². The molecular weight excluding hydrogens is 444 g/mol. The summed E-state index contributed by atoms with van der Waals surface area (Å²) in [5.41, 5.74) is 0. The maximum atomic E-state index is 12.7. The van der Waals surface area contributed by atoms with E-state index in [0.717, 1.165) is 19.6 Å². The van der Waals surface area contributed by atoms with Crippen molar-refractivity contribution in [2.24, 2.45) is 10.9 Å². The smallest absolute Gasteiger partial charge is 0.355 e. The molecule has 148 valence electrons. The normalized spacial score (nSPS) is 29.0. The third kappa shape index (κ3) is 7.11. The highest BCUT2D eigenvalue weighted by Gasteiger charge is 2.41. The number of nitrogens with one attached hydrogen (secondary N) is 2. The average molecular weight is 476 g/mol. The quantitative estimate of drug-likeness (QED) is 0.369. The topological polar surface area (TPSA) is 39.7 Å². The zero-order chi connectivity index (χ0) is 17.6. The molecule has 1 unspecified atom stereocenters. The molecule has 0 aromatic carbocycles. The van der Waals surface area contributed by atoms with Crippen molar-refractivity contribution in [3.63, 3.8) is 0 Å². The zero-order valence-corrected chi connectivity index (χ0v) is 17.6. The van der Waals surface area contributed by atoms with Gasteiger partial charge < -0.3 is 10.6 Å². The van der Waals surface area contributed by atoms with Gasteiger partial charge >= 0.3 is 6.18 Å². The Morgan fingerprint density at radius 1 is 1.12 bits per heavy atom. The van der Waals surface area contributed by atoms with Crippen LogP contribution in [0.5, 0.6) is 0 Å². The van der Waals surface area contributed by atoms with Crippen LogP contribution in [0.2, 0.25) is 0 Å². The molecular formula is C17H32F3IN4. The Balaban J connectivity index is 0.00000312. The van der Waals surface area contributed by atoms with Crippen LogP contribution in [0.1, 0.15) is 51.9 Å². The summed E-state index contributed by atoms with van der Waals surface area (Å²) < 4.78 is 38.2. The molecule has 8 heteroatoms. The van der Waals surface area contributed by atoms with E-state index in [-0.39, 0.29) is 42.9 Å². The fourth-order valence-corrected chi connectivity index (χ4v) is 3.88. The molecule has 1 aliphatic heterocycles. The van der Waals surface area contributed by atoms with E-state index in [1.807, 2.05) is 0 Å². The fraction of sp³-hybridized carbons (Fsp3) is 0.941. The molecule has 0 bridgehead atoms. The third-order valence-corrected chi connectivity index (χ3v) is 5.41. The van der Waals surface area contributed by atoms with Crippen LogP contribution in [0.3, 0.4) is 0 Å². The van der Waals surface area contributed by atoms with Crippen LogP contribution in [-0.4, -0.2) is 55.8 Å². The molecule has 1 saturated carbocycles. The first-order chi connectivity index (χ1) is 11.4. The SMILES string of the molecule is CCN1CCCCC1CNC(=NC)NC1CCC(C(F)(F)F)CC1.I. The van der Waals surface area contributed by atoms with Gasteiger partial charge in [0, 0.05) is 25.7 Å². The van der Waals surface area contributed by atoms with Crippen LogP contribution < -0.4 is 10.6 Å². The van der Waals surface area contributed by atoms with E-state index < -0.39 is 12.1 Å². The van der Waals surface area contributed by atoms with Crippen molar-refractivity contribution in [2.75, 3.05) is 26.7 Å². The van der Waals surface area contributed by atoms with E-state index in [4.69, 9.17) is 0 Å². The Hall–Kier alpha value is -0.250. The summed E-state index contributed by atoms with van der Waals surface area (Å²) in [6.45, 7) is 5.23. The number of nitrogens with zero attached hydrogens (tertiary/aromatic N) is 2. The number of alkyl halides is 3. The highest BCUT2D eigenvalue weighted by molar-refractivity contribution is 14.0. The molecule has 1 aliphatic carbocycles. The summed E-state index contributed by atoms with van der Waals surface area (Å²) in [5.74, 6) is -0.419. The van der Waals surface area contributed by atoms with Crippen molar-refractivity contribution in [3.05, 3.63) is 0 Å². The maximum Gasteiger partial charge on any atom is 0.391 e. The second-order valence-electron chi connectivity index (χ2n) is 6.97. The van der Waals surface area contributed by atoms with Crippen molar-refractivity contribution in [2.45, 2.75) is 70.1 Å². The van der Waals surface area contributed by atoms with Gasteiger partial charge in [0.15, 0.2) is 5.96 Å². The summed E-state index contributed by atoms with van der Waals surface area (Å²) in [6.07, 6.45) is 1.19. The van der Waals surface area contributed by atoms with E-state index in [9.17, 15) is 13.2 Å². The van der Waals surface area contributed by atoms with Crippen molar-refractivity contribution >= 4 is 29.9 Å². The molecule has 25 heavy (non-hydrogen) atoms. The van der Waals surface area contributed by atoms with E-state index in [1.165, 1.54) is 19.3 Å². The zero-order valence-electron chi connectivity index (χ0n) is 15.2. The molecule has 0 aromatic heterocycles. The minimum atomic E-state index is -4.05. The number of hydrogen-bond donors (Lipinski definition) is 2. The Bertz CT molecular complexity index is 409. The molecule has 2 rings (SSSR count). The van der Waals surface area contributed by atoms with E-state index in [0.29, 0.717) is 24.8 Å². The highest BCUT2D eigenvalue weighted by Crippen LogP contribution is 2.37. The Kier molecular flexibility index (Phi) is 9.84. The van der Waals surface area contributed by atoms with Gasteiger partial charge in [-0.1, -0.05) is 13.3 Å². The monoisotopic (exact) mass is 476 g/mol. The number of likely N-dealkylation sites (N-methyl/N-ethyl adjacent to an activating group) is 1. The lowest BCUT2D eigenvalue weighted by Gasteiger charge is -2.36. The summed E-state index contributed by atoms with van der Waals surface area (Å²) in [6, 6.07) is 0.603. The standard InChI is InChI=1S/C17H31F3N4.HI/c1-3-24-11-5-4-6-15(24)12-22-16(21-2)23-14-9-7-13(8-10-14)17(18,19)20;/h13-15H,3-12H2,1-2H3,(H2,21,22,23);1H. The van der Waals surface area contributed by atoms with Crippen molar-refractivity contribution in [1.82, 2.24) is 15.5 Å². The number of halogens is 4. The summed E-state index contributed by atoms with van der Waals surface area (Å²) in [5, 5.41) is 6.67. The Labute approximate surface area is 166 Å². The molecule has 0 spiro atoms. The van der Waals surface area contributed by atoms with Gasteiger partial charge in [0.2, 0.25) is 0 Å². The maximum absolute atomic E-state index is 12.7. The fourth-order valence-electron chi connectivity index (χ4n) is 3.88.